The number of nitrogens with one attached hydrogen (secondary N) is 2. The summed E-state index contributed by atoms with van der Waals surface area (Å²) in [5.74, 6) is -0.203. The van der Waals surface area contributed by atoms with Gasteiger partial charge < -0.3 is 5.32 Å². The van der Waals surface area contributed by atoms with Crippen molar-refractivity contribution in [1.82, 2.24) is 10.0 Å². The Kier molecular flexibility index (Phi) is 6.57. The van der Waals surface area contributed by atoms with Gasteiger partial charge in [0.2, 0.25) is 15.9 Å². The summed E-state index contributed by atoms with van der Waals surface area (Å²) < 4.78 is 25.7. The van der Waals surface area contributed by atoms with Gasteiger partial charge in [-0.1, -0.05) is 63.2 Å². The zero-order chi connectivity index (χ0) is 20.1. The van der Waals surface area contributed by atoms with Gasteiger partial charge in [-0.2, -0.15) is 0 Å². The van der Waals surface area contributed by atoms with Gasteiger partial charge in [-0.25, -0.2) is 13.1 Å². The van der Waals surface area contributed by atoms with E-state index < -0.39 is 10.0 Å². The fraction of sp³-hybridized carbons (Fsp3) is 0.286. The fourth-order valence-electron chi connectivity index (χ4n) is 2.68. The van der Waals surface area contributed by atoms with Gasteiger partial charge >= 0.3 is 0 Å². The lowest BCUT2D eigenvalue weighted by Crippen LogP contribution is -2.35. The lowest BCUT2D eigenvalue weighted by molar-refractivity contribution is -0.117. The Labute approximate surface area is 161 Å². The minimum Gasteiger partial charge on any atom is -0.345 e. The molecule has 0 spiro atoms. The van der Waals surface area contributed by atoms with Crippen LogP contribution in [0.2, 0.25) is 0 Å². The molecule has 0 radical (unpaired) electrons. The molecule has 1 amide bonds. The maximum Gasteiger partial charge on any atom is 0.244 e. The predicted molar refractivity (Wildman–Crippen MR) is 109 cm³/mol. The van der Waals surface area contributed by atoms with Gasteiger partial charge in [0.05, 0.1) is 10.9 Å². The first-order valence-electron chi connectivity index (χ1n) is 8.70. The van der Waals surface area contributed by atoms with Crippen LogP contribution in [0.3, 0.4) is 0 Å². The fourth-order valence-corrected chi connectivity index (χ4v) is 3.41. The van der Waals surface area contributed by atoms with Crippen LogP contribution in [0.1, 0.15) is 37.9 Å². The van der Waals surface area contributed by atoms with Gasteiger partial charge in [-0.05, 0) is 41.8 Å². The van der Waals surface area contributed by atoms with E-state index in [0.29, 0.717) is 0 Å². The van der Waals surface area contributed by atoms with E-state index in [1.165, 1.54) is 25.3 Å². The quantitative estimate of drug-likeness (QED) is 0.746. The Morgan fingerprint density at radius 3 is 2.11 bits per heavy atom. The van der Waals surface area contributed by atoms with Crippen molar-refractivity contribution in [1.29, 1.82) is 0 Å². The van der Waals surface area contributed by atoms with Crippen LogP contribution in [0.4, 0.5) is 0 Å². The second-order valence-electron chi connectivity index (χ2n) is 7.33. The molecule has 2 N–H and O–H groups in total. The molecule has 0 heterocycles. The molecule has 2 aromatic rings. The summed E-state index contributed by atoms with van der Waals surface area (Å²) in [5.41, 5.74) is 1.65. The Morgan fingerprint density at radius 2 is 1.59 bits per heavy atom. The van der Waals surface area contributed by atoms with Crippen molar-refractivity contribution in [2.75, 3.05) is 7.05 Å². The number of sulfonamides is 1. The van der Waals surface area contributed by atoms with Crippen molar-refractivity contribution >= 4 is 22.0 Å². The van der Waals surface area contributed by atoms with Gasteiger partial charge in [0.25, 0.3) is 0 Å². The SMILES string of the molecule is CNS(=O)(=O)c1ccc(C=CC(=O)NC(c2ccccc2)C(C)(C)C)cc1. The maximum atomic E-state index is 12.4. The van der Waals surface area contributed by atoms with Crippen LogP contribution < -0.4 is 10.0 Å². The Bertz CT molecular complexity index is 897. The van der Waals surface area contributed by atoms with Gasteiger partial charge in [-0.15, -0.1) is 0 Å². The monoisotopic (exact) mass is 386 g/mol. The number of carbonyl (C=O) groups is 1. The summed E-state index contributed by atoms with van der Waals surface area (Å²) in [6.45, 7) is 6.24. The molecule has 1 unspecified atom stereocenters. The van der Waals surface area contributed by atoms with Crippen molar-refractivity contribution in [3.63, 3.8) is 0 Å². The zero-order valence-electron chi connectivity index (χ0n) is 16.1. The molecular weight excluding hydrogens is 360 g/mol. The smallest absolute Gasteiger partial charge is 0.244 e. The molecule has 0 saturated heterocycles. The number of carbonyl (C=O) groups excluding carboxylic acids is 1. The summed E-state index contributed by atoms with van der Waals surface area (Å²) in [6.07, 6.45) is 3.12. The van der Waals surface area contributed by atoms with E-state index in [0.717, 1.165) is 11.1 Å². The van der Waals surface area contributed by atoms with Crippen LogP contribution in [0.15, 0.2) is 65.6 Å². The van der Waals surface area contributed by atoms with Gasteiger partial charge in [-0.3, -0.25) is 4.79 Å². The lowest BCUT2D eigenvalue weighted by atomic mass is 9.82. The third-order valence-electron chi connectivity index (χ3n) is 4.17. The van der Waals surface area contributed by atoms with Crippen molar-refractivity contribution in [3.8, 4) is 0 Å². The third kappa shape index (κ3) is 5.77. The molecule has 144 valence electrons. The van der Waals surface area contributed by atoms with E-state index in [1.807, 2.05) is 30.3 Å². The number of hydrogen-bond acceptors (Lipinski definition) is 3. The predicted octanol–water partition coefficient (Wildman–Crippen LogP) is 3.51. The van der Waals surface area contributed by atoms with Crippen LogP contribution in [-0.4, -0.2) is 21.4 Å². The van der Waals surface area contributed by atoms with E-state index in [-0.39, 0.29) is 22.3 Å². The van der Waals surface area contributed by atoms with Crippen LogP contribution in [0.5, 0.6) is 0 Å². The van der Waals surface area contributed by atoms with Crippen molar-refractivity contribution in [3.05, 3.63) is 71.8 Å². The van der Waals surface area contributed by atoms with E-state index in [1.54, 1.807) is 18.2 Å². The van der Waals surface area contributed by atoms with Gasteiger partial charge in [0, 0.05) is 6.08 Å². The standard InChI is InChI=1S/C21H26N2O3S/c1-21(2,3)20(17-8-6-5-7-9-17)23-19(24)15-12-16-10-13-18(14-11-16)27(25,26)22-4/h5-15,20,22H,1-4H3,(H,23,24). The Morgan fingerprint density at radius 1 is 1.00 bits per heavy atom. The first-order valence-corrected chi connectivity index (χ1v) is 10.2. The van der Waals surface area contributed by atoms with E-state index in [4.69, 9.17) is 0 Å². The summed E-state index contributed by atoms with van der Waals surface area (Å²) >= 11 is 0. The summed E-state index contributed by atoms with van der Waals surface area (Å²) in [7, 11) is -2.10. The van der Waals surface area contributed by atoms with Gasteiger partial charge in [0.15, 0.2) is 0 Å². The average Bonchev–Trinajstić information content (AvgIpc) is 2.64. The van der Waals surface area contributed by atoms with Crippen molar-refractivity contribution < 1.29 is 13.2 Å². The molecule has 0 aliphatic rings. The van der Waals surface area contributed by atoms with Crippen LogP contribution in [0, 0.1) is 5.41 Å². The zero-order valence-corrected chi connectivity index (χ0v) is 16.9. The molecule has 5 nitrogen and oxygen atoms in total. The molecule has 1 atom stereocenters. The number of hydrogen-bond donors (Lipinski definition) is 2. The summed E-state index contributed by atoms with van der Waals surface area (Å²) in [4.78, 5) is 12.6. The van der Waals surface area contributed by atoms with Crippen LogP contribution >= 0.6 is 0 Å². The molecule has 0 aliphatic carbocycles. The molecule has 6 heteroatoms. The second-order valence-corrected chi connectivity index (χ2v) is 9.21. The topological polar surface area (TPSA) is 75.3 Å². The average molecular weight is 387 g/mol. The molecule has 2 aromatic carbocycles. The highest BCUT2D eigenvalue weighted by Crippen LogP contribution is 2.32. The lowest BCUT2D eigenvalue weighted by Gasteiger charge is -2.31. The molecule has 0 aromatic heterocycles. The molecule has 0 fully saturated rings. The largest absolute Gasteiger partial charge is 0.345 e. The van der Waals surface area contributed by atoms with Crippen molar-refractivity contribution in [2.24, 2.45) is 5.41 Å². The Balaban J connectivity index is 2.11. The van der Waals surface area contributed by atoms with Crippen molar-refractivity contribution in [2.45, 2.75) is 31.7 Å². The third-order valence-corrected chi connectivity index (χ3v) is 5.60. The molecule has 27 heavy (non-hydrogen) atoms. The molecule has 2 rings (SSSR count). The van der Waals surface area contributed by atoms with Crippen LogP contribution in [0.25, 0.3) is 6.08 Å². The minimum atomic E-state index is -3.46. The Hall–Kier alpha value is -2.44. The van der Waals surface area contributed by atoms with E-state index >= 15 is 0 Å². The number of benzene rings is 2. The second kappa shape index (κ2) is 8.50. The molecular formula is C21H26N2O3S. The molecule has 0 saturated carbocycles. The highest BCUT2D eigenvalue weighted by Gasteiger charge is 2.27. The highest BCUT2D eigenvalue weighted by molar-refractivity contribution is 7.89. The van der Waals surface area contributed by atoms with E-state index in [2.05, 4.69) is 30.8 Å². The normalized spacial score (nSPS) is 13.5. The first-order chi connectivity index (χ1) is 12.6. The first kappa shape index (κ1) is 20.9. The summed E-state index contributed by atoms with van der Waals surface area (Å²) in [6, 6.07) is 16.1. The highest BCUT2D eigenvalue weighted by atomic mass is 32.2. The van der Waals surface area contributed by atoms with E-state index in [9.17, 15) is 13.2 Å². The minimum absolute atomic E-state index is 0.126. The maximum absolute atomic E-state index is 12.4. The van der Waals surface area contributed by atoms with Gasteiger partial charge in [0.1, 0.15) is 0 Å². The molecule has 0 bridgehead atoms. The number of amides is 1. The summed E-state index contributed by atoms with van der Waals surface area (Å²) in [5, 5.41) is 3.06. The molecule has 0 aliphatic heterocycles. The number of rotatable bonds is 6. The van der Waals surface area contributed by atoms with Crippen LogP contribution in [-0.2, 0) is 14.8 Å².